The maximum absolute atomic E-state index is 13.4. The smallest absolute Gasteiger partial charge is 0.256 e. The van der Waals surface area contributed by atoms with Gasteiger partial charge in [-0.1, -0.05) is 36.4 Å². The minimum Gasteiger partial charge on any atom is -0.322 e. The molecule has 3 aromatic carbocycles. The lowest BCUT2D eigenvalue weighted by atomic mass is 9.97. The molecule has 0 fully saturated rings. The fourth-order valence-corrected chi connectivity index (χ4v) is 4.22. The van der Waals surface area contributed by atoms with E-state index < -0.39 is 0 Å². The van der Waals surface area contributed by atoms with Crippen LogP contribution in [0.2, 0.25) is 0 Å². The van der Waals surface area contributed by atoms with Crippen molar-refractivity contribution in [3.63, 3.8) is 0 Å². The number of carbonyl (C=O) groups is 1. The zero-order chi connectivity index (χ0) is 23.2. The van der Waals surface area contributed by atoms with Crippen molar-refractivity contribution in [1.29, 1.82) is 0 Å². The number of thioether (sulfide) groups is 1. The van der Waals surface area contributed by atoms with Crippen LogP contribution in [-0.4, -0.2) is 36.1 Å². The highest BCUT2D eigenvalue weighted by Gasteiger charge is 2.15. The van der Waals surface area contributed by atoms with Gasteiger partial charge in [0.15, 0.2) is 0 Å². The van der Waals surface area contributed by atoms with E-state index in [1.165, 1.54) is 5.56 Å². The number of carbonyl (C=O) groups excluding carboxylic acids is 1. The van der Waals surface area contributed by atoms with E-state index in [9.17, 15) is 4.79 Å². The Hall–Kier alpha value is -3.41. The van der Waals surface area contributed by atoms with Gasteiger partial charge in [0.05, 0.1) is 5.69 Å². The van der Waals surface area contributed by atoms with Crippen LogP contribution in [0.1, 0.15) is 15.9 Å². The molecule has 1 amide bonds. The predicted molar refractivity (Wildman–Crippen MR) is 139 cm³/mol. The van der Waals surface area contributed by atoms with Crippen LogP contribution < -0.4 is 5.32 Å². The Morgan fingerprint density at radius 1 is 0.909 bits per heavy atom. The summed E-state index contributed by atoms with van der Waals surface area (Å²) in [5, 5.41) is 3.08. The van der Waals surface area contributed by atoms with Gasteiger partial charge in [-0.25, -0.2) is 0 Å². The van der Waals surface area contributed by atoms with Crippen molar-refractivity contribution in [3.8, 4) is 22.4 Å². The number of amides is 1. The summed E-state index contributed by atoms with van der Waals surface area (Å²) in [4.78, 5) is 21.0. The van der Waals surface area contributed by atoms with E-state index in [0.717, 1.165) is 39.5 Å². The molecule has 5 heteroatoms. The first-order valence-corrected chi connectivity index (χ1v) is 12.0. The first-order chi connectivity index (χ1) is 16.0. The molecule has 0 unspecified atom stereocenters. The molecule has 1 heterocycles. The molecule has 4 nitrogen and oxygen atoms in total. The van der Waals surface area contributed by atoms with Gasteiger partial charge in [-0.3, -0.25) is 9.78 Å². The lowest BCUT2D eigenvalue weighted by Crippen LogP contribution is -2.13. The third-order valence-electron chi connectivity index (χ3n) is 5.29. The second-order valence-electron chi connectivity index (χ2n) is 8.10. The summed E-state index contributed by atoms with van der Waals surface area (Å²) < 4.78 is 0. The van der Waals surface area contributed by atoms with Crippen LogP contribution in [0, 0.1) is 0 Å². The van der Waals surface area contributed by atoms with Crippen LogP contribution in [-0.2, 0) is 6.54 Å². The molecule has 0 aliphatic carbocycles. The van der Waals surface area contributed by atoms with Gasteiger partial charge in [-0.05, 0) is 85.6 Å². The zero-order valence-corrected chi connectivity index (χ0v) is 19.9. The van der Waals surface area contributed by atoms with Gasteiger partial charge in [-0.15, -0.1) is 11.8 Å². The Morgan fingerprint density at radius 2 is 1.73 bits per heavy atom. The van der Waals surface area contributed by atoms with Gasteiger partial charge >= 0.3 is 0 Å². The molecule has 0 spiro atoms. The highest BCUT2D eigenvalue weighted by molar-refractivity contribution is 7.98. The first-order valence-electron chi connectivity index (χ1n) is 10.8. The van der Waals surface area contributed by atoms with Crippen molar-refractivity contribution < 1.29 is 4.79 Å². The number of rotatable bonds is 7. The van der Waals surface area contributed by atoms with Crippen LogP contribution in [0.25, 0.3) is 22.4 Å². The first kappa shape index (κ1) is 22.8. The van der Waals surface area contributed by atoms with Crippen molar-refractivity contribution in [1.82, 2.24) is 9.88 Å². The van der Waals surface area contributed by atoms with Gasteiger partial charge in [0.2, 0.25) is 0 Å². The van der Waals surface area contributed by atoms with Gasteiger partial charge in [0.1, 0.15) is 0 Å². The van der Waals surface area contributed by atoms with E-state index in [4.69, 9.17) is 0 Å². The second-order valence-corrected chi connectivity index (χ2v) is 8.98. The van der Waals surface area contributed by atoms with Crippen LogP contribution in [0.4, 0.5) is 5.69 Å². The number of benzene rings is 3. The molecule has 0 aliphatic rings. The molecule has 4 rings (SSSR count). The Bertz CT molecular complexity index is 1250. The SMILES string of the molecule is CSc1ccc(C(=O)Nc2cccc(-c3ccccn3)c2)c(-c2cccc(CN(C)C)c2)c1. The largest absolute Gasteiger partial charge is 0.322 e. The minimum absolute atomic E-state index is 0.131. The number of nitrogens with one attached hydrogen (secondary N) is 1. The molecule has 166 valence electrons. The van der Waals surface area contributed by atoms with Crippen molar-refractivity contribution >= 4 is 23.4 Å². The molecule has 0 saturated heterocycles. The van der Waals surface area contributed by atoms with E-state index in [0.29, 0.717) is 5.56 Å². The second kappa shape index (κ2) is 10.5. The van der Waals surface area contributed by atoms with Crippen molar-refractivity contribution in [3.05, 3.63) is 102 Å². The Morgan fingerprint density at radius 3 is 2.48 bits per heavy atom. The lowest BCUT2D eigenvalue weighted by Gasteiger charge is -2.15. The van der Waals surface area contributed by atoms with E-state index in [2.05, 4.69) is 59.6 Å². The number of nitrogens with zero attached hydrogens (tertiary/aromatic N) is 2. The molecule has 4 aromatic rings. The average molecular weight is 454 g/mol. The molecule has 0 radical (unpaired) electrons. The molecule has 1 N–H and O–H groups in total. The van der Waals surface area contributed by atoms with Gasteiger partial charge in [-0.2, -0.15) is 0 Å². The van der Waals surface area contributed by atoms with E-state index >= 15 is 0 Å². The zero-order valence-electron chi connectivity index (χ0n) is 19.1. The summed E-state index contributed by atoms with van der Waals surface area (Å²) in [5.41, 5.74) is 6.40. The van der Waals surface area contributed by atoms with Crippen molar-refractivity contribution in [2.45, 2.75) is 11.4 Å². The summed E-state index contributed by atoms with van der Waals surface area (Å²) in [7, 11) is 4.11. The topological polar surface area (TPSA) is 45.2 Å². The normalized spacial score (nSPS) is 10.9. The van der Waals surface area contributed by atoms with Crippen molar-refractivity contribution in [2.24, 2.45) is 0 Å². The number of pyridine rings is 1. The third kappa shape index (κ3) is 5.69. The van der Waals surface area contributed by atoms with Crippen LogP contribution in [0.15, 0.2) is 96.0 Å². The quantitative estimate of drug-likeness (QED) is 0.327. The molecule has 1 aromatic heterocycles. The maximum atomic E-state index is 13.4. The average Bonchev–Trinajstić information content (AvgIpc) is 2.84. The summed E-state index contributed by atoms with van der Waals surface area (Å²) in [6.45, 7) is 0.845. The number of hydrogen-bond donors (Lipinski definition) is 1. The monoisotopic (exact) mass is 453 g/mol. The summed E-state index contributed by atoms with van der Waals surface area (Å²) in [6.07, 6.45) is 3.81. The molecule has 0 atom stereocenters. The van der Waals surface area contributed by atoms with E-state index in [1.807, 2.05) is 60.9 Å². The molecular weight excluding hydrogens is 426 g/mol. The van der Waals surface area contributed by atoms with Crippen LogP contribution >= 0.6 is 11.8 Å². The Labute approximate surface area is 199 Å². The molecular formula is C28H27N3OS. The maximum Gasteiger partial charge on any atom is 0.256 e. The molecule has 0 bridgehead atoms. The summed E-state index contributed by atoms with van der Waals surface area (Å²) in [6, 6.07) is 28.0. The van der Waals surface area contributed by atoms with E-state index in [1.54, 1.807) is 18.0 Å². The van der Waals surface area contributed by atoms with E-state index in [-0.39, 0.29) is 5.91 Å². The summed E-state index contributed by atoms with van der Waals surface area (Å²) >= 11 is 1.67. The molecule has 0 saturated carbocycles. The highest BCUT2D eigenvalue weighted by Crippen LogP contribution is 2.30. The number of aromatic nitrogens is 1. The lowest BCUT2D eigenvalue weighted by molar-refractivity contribution is 0.102. The van der Waals surface area contributed by atoms with Gasteiger partial charge in [0.25, 0.3) is 5.91 Å². The van der Waals surface area contributed by atoms with Gasteiger partial charge in [0, 0.05) is 34.5 Å². The van der Waals surface area contributed by atoms with Crippen LogP contribution in [0.5, 0.6) is 0 Å². The highest BCUT2D eigenvalue weighted by atomic mass is 32.2. The minimum atomic E-state index is -0.131. The standard InChI is InChI=1S/C28H27N3OS/c1-31(2)19-20-8-6-9-21(16-20)26-18-24(33-3)13-14-25(26)28(32)30-23-11-7-10-22(17-23)27-12-4-5-15-29-27/h4-18H,19H2,1-3H3,(H,30,32). The fourth-order valence-electron chi connectivity index (χ4n) is 3.78. The Kier molecular flexibility index (Phi) is 7.23. The Balaban J connectivity index is 1.66. The predicted octanol–water partition coefficient (Wildman–Crippen LogP) is 6.45. The van der Waals surface area contributed by atoms with Gasteiger partial charge < -0.3 is 10.2 Å². The van der Waals surface area contributed by atoms with Crippen molar-refractivity contribution in [2.75, 3.05) is 25.7 Å². The fraction of sp³-hybridized carbons (Fsp3) is 0.143. The third-order valence-corrected chi connectivity index (χ3v) is 6.01. The molecule has 0 aliphatic heterocycles. The number of anilines is 1. The summed E-state index contributed by atoms with van der Waals surface area (Å²) in [5.74, 6) is -0.131. The van der Waals surface area contributed by atoms with Crippen LogP contribution in [0.3, 0.4) is 0 Å². The number of hydrogen-bond acceptors (Lipinski definition) is 4. The molecule has 33 heavy (non-hydrogen) atoms.